The van der Waals surface area contributed by atoms with Gasteiger partial charge in [0.05, 0.1) is 5.69 Å². The highest BCUT2D eigenvalue weighted by Crippen LogP contribution is 2.03. The van der Waals surface area contributed by atoms with E-state index < -0.39 is 7.27 Å². The minimum Gasteiger partial charge on any atom is -0.378 e. The number of nitrogens with one attached hydrogen (secondary N) is 1. The minimum absolute atomic E-state index is 0.256. The zero-order valence-corrected chi connectivity index (χ0v) is 8.37. The molecule has 0 radical (unpaired) electrons. The summed E-state index contributed by atoms with van der Waals surface area (Å²) < 4.78 is 25.6. The van der Waals surface area contributed by atoms with Crippen molar-refractivity contribution in [2.24, 2.45) is 0 Å². The Morgan fingerprint density at radius 2 is 2.21 bits per heavy atom. The van der Waals surface area contributed by atoms with Gasteiger partial charge < -0.3 is 5.32 Å². The van der Waals surface area contributed by atoms with Crippen LogP contribution >= 0.6 is 0 Å². The Bertz CT molecular complexity index is 267. The number of halogens is 2. The fraction of sp³-hybridized carbons (Fsp3) is 0.444. The van der Waals surface area contributed by atoms with Crippen LogP contribution in [0.25, 0.3) is 0 Å². The third-order valence-corrected chi connectivity index (χ3v) is 1.66. The van der Waals surface area contributed by atoms with Crippen LogP contribution in [0.1, 0.15) is 13.8 Å². The molecule has 76 valence electrons. The van der Waals surface area contributed by atoms with E-state index in [4.69, 9.17) is 0 Å². The summed E-state index contributed by atoms with van der Waals surface area (Å²) in [5, 5.41) is 3.15. The normalized spacial score (nSPS) is 10.4. The number of hydrogen-bond acceptors (Lipinski definition) is 1. The van der Waals surface area contributed by atoms with E-state index in [9.17, 15) is 8.63 Å². The molecular weight excluding hydrogens is 185 g/mol. The number of rotatable bonds is 4. The number of nitrogens with zero attached hydrogens (tertiary/aromatic N) is 1. The maximum absolute atomic E-state index is 12.1. The zero-order valence-electron chi connectivity index (χ0n) is 8.37. The molecule has 0 aliphatic carbocycles. The van der Waals surface area contributed by atoms with Crippen molar-refractivity contribution in [1.29, 1.82) is 0 Å². The molecule has 0 aliphatic rings. The van der Waals surface area contributed by atoms with E-state index in [0.29, 0.717) is 6.04 Å². The van der Waals surface area contributed by atoms with Crippen molar-refractivity contribution >= 4 is 13.0 Å². The highest BCUT2D eigenvalue weighted by atomic mass is 19.2. The lowest BCUT2D eigenvalue weighted by Crippen LogP contribution is -2.38. The molecular formula is C9H14BF2N2+. The first-order valence-electron chi connectivity index (χ1n) is 4.61. The topological polar surface area (TPSA) is 15.9 Å². The van der Waals surface area contributed by atoms with Gasteiger partial charge in [-0.3, -0.25) is 8.63 Å². The average molecular weight is 199 g/mol. The summed E-state index contributed by atoms with van der Waals surface area (Å²) >= 11 is 0. The van der Waals surface area contributed by atoms with Gasteiger partial charge >= 0.3 is 7.27 Å². The number of aromatic nitrogens is 1. The van der Waals surface area contributed by atoms with Crippen LogP contribution in [0.3, 0.4) is 0 Å². The molecule has 0 spiro atoms. The van der Waals surface area contributed by atoms with E-state index >= 15 is 0 Å². The van der Waals surface area contributed by atoms with Crippen molar-refractivity contribution < 1.29 is 13.2 Å². The summed E-state index contributed by atoms with van der Waals surface area (Å²) in [4.78, 5) is 0. The van der Waals surface area contributed by atoms with Gasteiger partial charge in [0, 0.05) is 12.1 Å². The van der Waals surface area contributed by atoms with Gasteiger partial charge in [0.25, 0.3) is 0 Å². The average Bonchev–Trinajstić information content (AvgIpc) is 2.01. The molecule has 1 aromatic rings. The predicted octanol–water partition coefficient (Wildman–Crippen LogP) is 1.76. The van der Waals surface area contributed by atoms with E-state index in [2.05, 4.69) is 5.32 Å². The molecule has 5 heteroatoms. The number of hydrogen-bond donors (Lipinski definition) is 1. The van der Waals surface area contributed by atoms with Gasteiger partial charge in [-0.1, -0.05) is 0 Å². The van der Waals surface area contributed by atoms with Crippen LogP contribution in [0.15, 0.2) is 24.5 Å². The van der Waals surface area contributed by atoms with Gasteiger partial charge in [-0.05, 0) is 19.9 Å². The summed E-state index contributed by atoms with van der Waals surface area (Å²) in [6.07, 6.45) is 3.07. The van der Waals surface area contributed by atoms with E-state index in [0.717, 1.165) is 5.69 Å². The van der Waals surface area contributed by atoms with Crippen LogP contribution < -0.4 is 9.88 Å². The quantitative estimate of drug-likeness (QED) is 0.577. The van der Waals surface area contributed by atoms with Crippen LogP contribution in [-0.4, -0.2) is 13.3 Å². The van der Waals surface area contributed by atoms with Crippen molar-refractivity contribution in [3.05, 3.63) is 24.5 Å². The Labute approximate surface area is 83.1 Å². The lowest BCUT2D eigenvalue weighted by molar-refractivity contribution is -0.681. The van der Waals surface area contributed by atoms with Gasteiger partial charge in [-0.25, -0.2) is 4.57 Å². The Balaban J connectivity index is 2.68. The number of pyridine rings is 1. The Kier molecular flexibility index (Phi) is 3.86. The molecule has 1 aromatic heterocycles. The van der Waals surface area contributed by atoms with Gasteiger partial charge in [0.2, 0.25) is 0 Å². The first-order chi connectivity index (χ1) is 6.58. The summed E-state index contributed by atoms with van der Waals surface area (Å²) in [5.41, 5.74) is 0.864. The van der Waals surface area contributed by atoms with Gasteiger partial charge in [-0.2, -0.15) is 0 Å². The van der Waals surface area contributed by atoms with E-state index in [1.807, 2.05) is 19.9 Å². The molecule has 0 atom stereocenters. The molecule has 0 bridgehead atoms. The van der Waals surface area contributed by atoms with E-state index in [-0.39, 0.29) is 6.44 Å². The van der Waals surface area contributed by atoms with Crippen LogP contribution in [0.5, 0.6) is 0 Å². The van der Waals surface area contributed by atoms with Crippen molar-refractivity contribution in [2.75, 3.05) is 5.32 Å². The van der Waals surface area contributed by atoms with Crippen molar-refractivity contribution in [1.82, 2.24) is 0 Å². The minimum atomic E-state index is -2.31. The summed E-state index contributed by atoms with van der Waals surface area (Å²) in [6, 6.07) is 3.92. The molecule has 1 heterocycles. The molecule has 14 heavy (non-hydrogen) atoms. The largest absolute Gasteiger partial charge is 0.604 e. The maximum Gasteiger partial charge on any atom is 0.604 e. The van der Waals surface area contributed by atoms with Crippen molar-refractivity contribution in [3.8, 4) is 0 Å². The fourth-order valence-electron chi connectivity index (χ4n) is 1.21. The molecule has 0 saturated carbocycles. The molecule has 1 rings (SSSR count). The molecule has 2 nitrogen and oxygen atoms in total. The van der Waals surface area contributed by atoms with Crippen LogP contribution in [0.4, 0.5) is 14.3 Å². The molecule has 1 N–H and O–H groups in total. The molecule has 0 amide bonds. The zero-order chi connectivity index (χ0) is 10.6. The molecule has 0 aromatic carbocycles. The van der Waals surface area contributed by atoms with Crippen LogP contribution in [0, 0.1) is 0 Å². The van der Waals surface area contributed by atoms with Crippen molar-refractivity contribution in [2.45, 2.75) is 26.3 Å². The second kappa shape index (κ2) is 4.93. The summed E-state index contributed by atoms with van der Waals surface area (Å²) in [5.74, 6) is 0. The van der Waals surface area contributed by atoms with E-state index in [1.165, 1.54) is 4.57 Å². The third-order valence-electron chi connectivity index (χ3n) is 1.66. The lowest BCUT2D eigenvalue weighted by atomic mass is 10.00. The van der Waals surface area contributed by atoms with Gasteiger partial charge in [-0.15, -0.1) is 0 Å². The Morgan fingerprint density at radius 3 is 2.79 bits per heavy atom. The highest BCUT2D eigenvalue weighted by Gasteiger charge is 2.19. The van der Waals surface area contributed by atoms with E-state index in [1.54, 1.807) is 18.5 Å². The predicted molar refractivity (Wildman–Crippen MR) is 53.4 cm³/mol. The molecule has 0 unspecified atom stereocenters. The fourth-order valence-corrected chi connectivity index (χ4v) is 1.21. The SMILES string of the molecule is CC(C)Nc1ccc[n+](CB(F)F)c1. The second-order valence-electron chi connectivity index (χ2n) is 3.48. The Hall–Kier alpha value is -1.13. The molecule has 0 aliphatic heterocycles. The maximum atomic E-state index is 12.1. The monoisotopic (exact) mass is 199 g/mol. The van der Waals surface area contributed by atoms with Gasteiger partial charge in [0.1, 0.15) is 0 Å². The van der Waals surface area contributed by atoms with Crippen LogP contribution in [0.2, 0.25) is 0 Å². The third kappa shape index (κ3) is 3.72. The summed E-state index contributed by atoms with van der Waals surface area (Å²) in [7, 11) is -2.31. The number of anilines is 1. The Morgan fingerprint density at radius 1 is 1.50 bits per heavy atom. The standard InChI is InChI=1S/C9H14BF2N2/c1-8(2)13-9-4-3-5-14(6-9)7-10(11)12/h3-6,8,13H,7H2,1-2H3/q+1. The van der Waals surface area contributed by atoms with Gasteiger partial charge in [0.15, 0.2) is 18.8 Å². The first-order valence-corrected chi connectivity index (χ1v) is 4.61. The summed E-state index contributed by atoms with van der Waals surface area (Å²) in [6.45, 7) is 4.01. The molecule has 0 saturated heterocycles. The lowest BCUT2D eigenvalue weighted by Gasteiger charge is -2.07. The van der Waals surface area contributed by atoms with Crippen molar-refractivity contribution in [3.63, 3.8) is 0 Å². The smallest absolute Gasteiger partial charge is 0.378 e. The van der Waals surface area contributed by atoms with Crippen LogP contribution in [-0.2, 0) is 6.44 Å². The molecule has 0 fully saturated rings. The first kappa shape index (κ1) is 11.0. The second-order valence-corrected chi connectivity index (χ2v) is 3.48. The highest BCUT2D eigenvalue weighted by molar-refractivity contribution is 6.40.